The van der Waals surface area contributed by atoms with Crippen LogP contribution in [-0.2, 0) is 11.3 Å². The number of nitrogens with zero attached hydrogens (tertiary/aromatic N) is 3. The summed E-state index contributed by atoms with van der Waals surface area (Å²) in [5, 5.41) is 8.82. The van der Waals surface area contributed by atoms with E-state index >= 15 is 0 Å². The zero-order valence-electron chi connectivity index (χ0n) is 12.0. The van der Waals surface area contributed by atoms with E-state index in [4.69, 9.17) is 5.11 Å². The van der Waals surface area contributed by atoms with Crippen molar-refractivity contribution in [3.8, 4) is 0 Å². The molecule has 0 atom stereocenters. The van der Waals surface area contributed by atoms with Crippen LogP contribution in [0.3, 0.4) is 0 Å². The van der Waals surface area contributed by atoms with Gasteiger partial charge in [-0.3, -0.25) is 9.59 Å². The highest BCUT2D eigenvalue weighted by Crippen LogP contribution is 2.29. The highest BCUT2D eigenvalue weighted by molar-refractivity contribution is 5.67. The summed E-state index contributed by atoms with van der Waals surface area (Å²) in [6.45, 7) is 5.09. The van der Waals surface area contributed by atoms with Crippen molar-refractivity contribution in [2.24, 2.45) is 5.92 Å². The number of aliphatic carboxylic acids is 1. The third-order valence-corrected chi connectivity index (χ3v) is 3.28. The molecule has 1 heterocycles. The third kappa shape index (κ3) is 3.59. The smallest absolute Gasteiger partial charge is 0.305 e. The summed E-state index contributed by atoms with van der Waals surface area (Å²) in [6, 6.07) is 0.268. The van der Waals surface area contributed by atoms with Crippen molar-refractivity contribution in [2.75, 3.05) is 11.4 Å². The van der Waals surface area contributed by atoms with E-state index in [0.717, 1.165) is 12.8 Å². The second-order valence-electron chi connectivity index (χ2n) is 5.67. The molecular formula is C14H21N3O3. The van der Waals surface area contributed by atoms with Crippen molar-refractivity contribution in [3.05, 3.63) is 22.7 Å². The van der Waals surface area contributed by atoms with Crippen LogP contribution in [0.15, 0.2) is 17.2 Å². The molecule has 110 valence electrons. The van der Waals surface area contributed by atoms with Crippen LogP contribution in [0, 0.1) is 5.92 Å². The average Bonchev–Trinajstić information content (AvgIpc) is 3.17. The molecule has 2 rings (SSSR count). The number of carbonyl (C=O) groups is 1. The van der Waals surface area contributed by atoms with Gasteiger partial charge in [0.2, 0.25) is 0 Å². The Morgan fingerprint density at radius 3 is 2.80 bits per heavy atom. The van der Waals surface area contributed by atoms with Crippen molar-refractivity contribution in [1.29, 1.82) is 0 Å². The number of carboxylic acids is 1. The van der Waals surface area contributed by atoms with Crippen LogP contribution < -0.4 is 10.5 Å². The van der Waals surface area contributed by atoms with E-state index in [-0.39, 0.29) is 18.0 Å². The minimum Gasteiger partial charge on any atom is -0.481 e. The fourth-order valence-electron chi connectivity index (χ4n) is 2.23. The van der Waals surface area contributed by atoms with Gasteiger partial charge >= 0.3 is 5.97 Å². The van der Waals surface area contributed by atoms with E-state index in [1.54, 1.807) is 17.0 Å². The molecule has 0 aliphatic heterocycles. The first-order chi connectivity index (χ1) is 9.49. The Labute approximate surface area is 118 Å². The Morgan fingerprint density at radius 2 is 2.25 bits per heavy atom. The monoisotopic (exact) mass is 279 g/mol. The largest absolute Gasteiger partial charge is 0.481 e. The number of hydrogen-bond acceptors (Lipinski definition) is 4. The Morgan fingerprint density at radius 1 is 1.55 bits per heavy atom. The van der Waals surface area contributed by atoms with Gasteiger partial charge in [-0.25, -0.2) is 4.98 Å². The van der Waals surface area contributed by atoms with Gasteiger partial charge in [-0.15, -0.1) is 0 Å². The van der Waals surface area contributed by atoms with Gasteiger partial charge in [0.15, 0.2) is 5.82 Å². The molecule has 1 aliphatic carbocycles. The molecule has 1 fully saturated rings. The average molecular weight is 279 g/mol. The molecule has 6 nitrogen and oxygen atoms in total. The zero-order valence-corrected chi connectivity index (χ0v) is 12.0. The number of carboxylic acid groups (broad SMARTS) is 1. The molecule has 1 N–H and O–H groups in total. The molecule has 0 radical (unpaired) electrons. The summed E-state index contributed by atoms with van der Waals surface area (Å²) in [5.74, 6) is -0.0951. The molecule has 1 saturated carbocycles. The molecule has 1 aromatic heterocycles. The van der Waals surface area contributed by atoms with E-state index in [0.29, 0.717) is 24.8 Å². The maximum atomic E-state index is 12.4. The van der Waals surface area contributed by atoms with Crippen molar-refractivity contribution >= 4 is 11.8 Å². The molecule has 0 spiro atoms. The van der Waals surface area contributed by atoms with Crippen LogP contribution in [0.25, 0.3) is 0 Å². The summed E-state index contributed by atoms with van der Waals surface area (Å²) in [5.41, 5.74) is -0.126. The molecule has 0 bridgehead atoms. The molecule has 0 aromatic carbocycles. The van der Waals surface area contributed by atoms with Crippen LogP contribution in [0.4, 0.5) is 5.82 Å². The predicted octanol–water partition coefficient (Wildman–Crippen LogP) is 1.34. The van der Waals surface area contributed by atoms with Crippen LogP contribution in [-0.4, -0.2) is 33.2 Å². The summed E-state index contributed by atoms with van der Waals surface area (Å²) in [7, 11) is 0. The van der Waals surface area contributed by atoms with E-state index in [1.807, 2.05) is 4.90 Å². The lowest BCUT2D eigenvalue weighted by atomic mass is 10.2. The van der Waals surface area contributed by atoms with Crippen LogP contribution in [0.1, 0.15) is 33.1 Å². The first-order valence-electron chi connectivity index (χ1n) is 7.03. The molecule has 1 aromatic rings. The summed E-state index contributed by atoms with van der Waals surface area (Å²) >= 11 is 0. The highest BCUT2D eigenvalue weighted by atomic mass is 16.4. The Bertz CT molecular complexity index is 535. The number of aromatic nitrogens is 2. The normalized spacial score (nSPS) is 14.6. The molecule has 20 heavy (non-hydrogen) atoms. The Hall–Kier alpha value is -1.85. The fourth-order valence-corrected chi connectivity index (χ4v) is 2.23. The lowest BCUT2D eigenvalue weighted by Crippen LogP contribution is -2.36. The van der Waals surface area contributed by atoms with Crippen molar-refractivity contribution in [3.63, 3.8) is 0 Å². The van der Waals surface area contributed by atoms with Gasteiger partial charge < -0.3 is 14.6 Å². The van der Waals surface area contributed by atoms with Gasteiger partial charge in [-0.2, -0.15) is 0 Å². The van der Waals surface area contributed by atoms with Crippen molar-refractivity contribution in [2.45, 2.75) is 45.7 Å². The topological polar surface area (TPSA) is 75.4 Å². The van der Waals surface area contributed by atoms with Crippen molar-refractivity contribution in [1.82, 2.24) is 9.55 Å². The molecule has 6 heteroatoms. The maximum Gasteiger partial charge on any atom is 0.305 e. The maximum absolute atomic E-state index is 12.4. The first-order valence-corrected chi connectivity index (χ1v) is 7.03. The third-order valence-electron chi connectivity index (χ3n) is 3.28. The minimum atomic E-state index is -0.853. The summed E-state index contributed by atoms with van der Waals surface area (Å²) < 4.78 is 1.66. The van der Waals surface area contributed by atoms with Gasteiger partial charge in [0.25, 0.3) is 5.56 Å². The molecular weight excluding hydrogens is 258 g/mol. The second kappa shape index (κ2) is 6.07. The van der Waals surface area contributed by atoms with E-state index in [2.05, 4.69) is 18.8 Å². The van der Waals surface area contributed by atoms with E-state index in [1.165, 1.54) is 0 Å². The van der Waals surface area contributed by atoms with Gasteiger partial charge in [-0.05, 0) is 18.8 Å². The number of rotatable bonds is 7. The van der Waals surface area contributed by atoms with Gasteiger partial charge in [0.1, 0.15) is 0 Å². The standard InChI is InChI=1S/C14H21N3O3/c1-10(2)9-16-8-6-15-13(14(16)20)17(11-3-4-11)7-5-12(18)19/h6,8,10-11H,3-5,7,9H2,1-2H3,(H,18,19). The Kier molecular flexibility index (Phi) is 4.42. The SMILES string of the molecule is CC(C)Cn1ccnc(N(CCC(=O)O)C2CC2)c1=O. The zero-order chi connectivity index (χ0) is 14.7. The number of anilines is 1. The Balaban J connectivity index is 2.24. The summed E-state index contributed by atoms with van der Waals surface area (Å²) in [6.07, 6.45) is 5.33. The van der Waals surface area contributed by atoms with Crippen LogP contribution in [0.2, 0.25) is 0 Å². The lowest BCUT2D eigenvalue weighted by molar-refractivity contribution is -0.136. The van der Waals surface area contributed by atoms with Gasteiger partial charge in [0, 0.05) is 31.5 Å². The van der Waals surface area contributed by atoms with E-state index < -0.39 is 5.97 Å². The first kappa shape index (κ1) is 14.6. The molecule has 0 amide bonds. The second-order valence-corrected chi connectivity index (χ2v) is 5.67. The molecule has 0 saturated heterocycles. The minimum absolute atomic E-state index is 0.0245. The van der Waals surface area contributed by atoms with E-state index in [9.17, 15) is 9.59 Å². The predicted molar refractivity (Wildman–Crippen MR) is 76.0 cm³/mol. The van der Waals surface area contributed by atoms with Crippen LogP contribution >= 0.6 is 0 Å². The fraction of sp³-hybridized carbons (Fsp3) is 0.643. The summed E-state index contributed by atoms with van der Waals surface area (Å²) in [4.78, 5) is 29.2. The van der Waals surface area contributed by atoms with Gasteiger partial charge in [-0.1, -0.05) is 13.8 Å². The quantitative estimate of drug-likeness (QED) is 0.815. The molecule has 0 unspecified atom stereocenters. The van der Waals surface area contributed by atoms with Crippen LogP contribution in [0.5, 0.6) is 0 Å². The van der Waals surface area contributed by atoms with Gasteiger partial charge in [0.05, 0.1) is 6.42 Å². The number of hydrogen-bond donors (Lipinski definition) is 1. The lowest BCUT2D eigenvalue weighted by Gasteiger charge is -2.22. The molecule has 1 aliphatic rings. The highest BCUT2D eigenvalue weighted by Gasteiger charge is 2.31. The van der Waals surface area contributed by atoms with Crippen molar-refractivity contribution < 1.29 is 9.90 Å².